The van der Waals surface area contributed by atoms with Gasteiger partial charge in [0.05, 0.1) is 0 Å². The molecule has 76 valence electrons. The van der Waals surface area contributed by atoms with Gasteiger partial charge in [0.2, 0.25) is 0 Å². The Bertz CT molecular complexity index is 492. The van der Waals surface area contributed by atoms with Crippen molar-refractivity contribution in [3.05, 3.63) is 30.6 Å². The van der Waals surface area contributed by atoms with Crippen LogP contribution in [0.5, 0.6) is 0 Å². The predicted molar refractivity (Wildman–Crippen MR) is 51.2 cm³/mol. The first kappa shape index (κ1) is 9.32. The zero-order valence-corrected chi connectivity index (χ0v) is 7.95. The zero-order valence-electron chi connectivity index (χ0n) is 7.95. The second-order valence-electron chi connectivity index (χ2n) is 3.00. The molecule has 0 amide bonds. The second kappa shape index (κ2) is 3.49. The number of aromatic nitrogens is 4. The van der Waals surface area contributed by atoms with Crippen molar-refractivity contribution in [1.82, 2.24) is 19.7 Å². The molecule has 0 spiro atoms. The van der Waals surface area contributed by atoms with E-state index in [0.717, 1.165) is 0 Å². The largest absolute Gasteiger partial charge is 0.476 e. The molecule has 0 aromatic carbocycles. The summed E-state index contributed by atoms with van der Waals surface area (Å²) in [5.74, 6) is -1.06. The highest BCUT2D eigenvalue weighted by atomic mass is 16.4. The molecule has 0 unspecified atom stereocenters. The molecule has 1 N–H and O–H groups in total. The first-order valence-corrected chi connectivity index (χ1v) is 4.21. The second-order valence-corrected chi connectivity index (χ2v) is 3.00. The lowest BCUT2D eigenvalue weighted by atomic mass is 10.1. The van der Waals surface area contributed by atoms with E-state index >= 15 is 0 Å². The van der Waals surface area contributed by atoms with E-state index in [2.05, 4.69) is 15.1 Å². The van der Waals surface area contributed by atoms with E-state index < -0.39 is 5.97 Å². The fourth-order valence-corrected chi connectivity index (χ4v) is 1.30. The molecule has 2 aromatic rings. The van der Waals surface area contributed by atoms with E-state index in [-0.39, 0.29) is 5.69 Å². The summed E-state index contributed by atoms with van der Waals surface area (Å²) in [6.45, 7) is 0. The Kier molecular flexibility index (Phi) is 2.17. The van der Waals surface area contributed by atoms with E-state index in [4.69, 9.17) is 5.11 Å². The van der Waals surface area contributed by atoms with Gasteiger partial charge in [0.25, 0.3) is 0 Å². The third-order valence-electron chi connectivity index (χ3n) is 1.90. The molecule has 0 bridgehead atoms. The lowest BCUT2D eigenvalue weighted by Crippen LogP contribution is -2.00. The number of hydrogen-bond acceptors (Lipinski definition) is 4. The van der Waals surface area contributed by atoms with Gasteiger partial charge in [-0.2, -0.15) is 5.10 Å². The molecule has 0 fully saturated rings. The Morgan fingerprint density at radius 3 is 2.67 bits per heavy atom. The third-order valence-corrected chi connectivity index (χ3v) is 1.90. The van der Waals surface area contributed by atoms with Crippen molar-refractivity contribution in [1.29, 1.82) is 0 Å². The smallest absolute Gasteiger partial charge is 0.357 e. The summed E-state index contributed by atoms with van der Waals surface area (Å²) < 4.78 is 1.45. The molecule has 6 heteroatoms. The third kappa shape index (κ3) is 1.69. The van der Waals surface area contributed by atoms with Gasteiger partial charge in [0.1, 0.15) is 6.33 Å². The van der Waals surface area contributed by atoms with Gasteiger partial charge in [-0.05, 0) is 0 Å². The number of rotatable bonds is 2. The van der Waals surface area contributed by atoms with Gasteiger partial charge in [-0.25, -0.2) is 14.8 Å². The van der Waals surface area contributed by atoms with Crippen LogP contribution in [0.25, 0.3) is 11.1 Å². The first-order chi connectivity index (χ1) is 7.18. The van der Waals surface area contributed by atoms with Gasteiger partial charge in [-0.1, -0.05) is 0 Å². The highest BCUT2D eigenvalue weighted by molar-refractivity contribution is 5.93. The van der Waals surface area contributed by atoms with Gasteiger partial charge in [-0.15, -0.1) is 0 Å². The van der Waals surface area contributed by atoms with Crippen LogP contribution in [0.3, 0.4) is 0 Å². The molecule has 0 saturated heterocycles. The Hall–Kier alpha value is -2.24. The number of carboxylic acid groups (broad SMARTS) is 1. The highest BCUT2D eigenvalue weighted by Crippen LogP contribution is 2.20. The molecule has 2 heterocycles. The van der Waals surface area contributed by atoms with Crippen LogP contribution < -0.4 is 0 Å². The number of carbonyl (C=O) groups is 1. The number of nitrogens with zero attached hydrogens (tertiary/aromatic N) is 4. The molecular weight excluding hydrogens is 196 g/mol. The van der Waals surface area contributed by atoms with Crippen molar-refractivity contribution in [2.75, 3.05) is 0 Å². The standard InChI is InChI=1S/C9H8N4O2/c1-13-4-7(8(12-13)9(14)15)6-2-10-5-11-3-6/h2-5H,1H3,(H,14,15). The van der Waals surface area contributed by atoms with Crippen molar-refractivity contribution < 1.29 is 9.90 Å². The Balaban J connectivity index is 2.58. The average Bonchev–Trinajstić information content (AvgIpc) is 2.62. The molecule has 0 atom stereocenters. The van der Waals surface area contributed by atoms with Gasteiger partial charge >= 0.3 is 5.97 Å². The summed E-state index contributed by atoms with van der Waals surface area (Å²) >= 11 is 0. The van der Waals surface area contributed by atoms with Crippen molar-refractivity contribution in [3.63, 3.8) is 0 Å². The molecular formula is C9H8N4O2. The van der Waals surface area contributed by atoms with Crippen LogP contribution in [0.1, 0.15) is 10.5 Å². The molecule has 6 nitrogen and oxygen atoms in total. The maximum Gasteiger partial charge on any atom is 0.357 e. The first-order valence-electron chi connectivity index (χ1n) is 4.21. The van der Waals surface area contributed by atoms with Crippen LogP contribution >= 0.6 is 0 Å². The Morgan fingerprint density at radius 2 is 2.07 bits per heavy atom. The Morgan fingerprint density at radius 1 is 1.40 bits per heavy atom. The molecule has 0 saturated carbocycles. The lowest BCUT2D eigenvalue weighted by Gasteiger charge is -1.95. The van der Waals surface area contributed by atoms with Crippen LogP contribution in [0.15, 0.2) is 24.9 Å². The lowest BCUT2D eigenvalue weighted by molar-refractivity contribution is 0.0690. The number of hydrogen-bond donors (Lipinski definition) is 1. The Labute approximate surface area is 85.2 Å². The molecule has 0 aliphatic rings. The van der Waals surface area contributed by atoms with E-state index in [0.29, 0.717) is 11.1 Å². The summed E-state index contributed by atoms with van der Waals surface area (Å²) in [6, 6.07) is 0. The van der Waals surface area contributed by atoms with Crippen molar-refractivity contribution in [3.8, 4) is 11.1 Å². The maximum absolute atomic E-state index is 10.9. The number of carboxylic acids is 1. The van der Waals surface area contributed by atoms with Crippen LogP contribution in [0, 0.1) is 0 Å². The van der Waals surface area contributed by atoms with Crippen molar-refractivity contribution >= 4 is 5.97 Å². The summed E-state index contributed by atoms with van der Waals surface area (Å²) in [5.41, 5.74) is 1.17. The zero-order chi connectivity index (χ0) is 10.8. The summed E-state index contributed by atoms with van der Waals surface area (Å²) in [6.07, 6.45) is 6.12. The SMILES string of the molecule is Cn1cc(-c2cncnc2)c(C(=O)O)n1. The van der Waals surface area contributed by atoms with Crippen molar-refractivity contribution in [2.24, 2.45) is 7.05 Å². The molecule has 15 heavy (non-hydrogen) atoms. The minimum absolute atomic E-state index is 0.00676. The van der Waals surface area contributed by atoms with Crippen molar-refractivity contribution in [2.45, 2.75) is 0 Å². The summed E-state index contributed by atoms with van der Waals surface area (Å²) in [4.78, 5) is 18.6. The molecule has 0 aliphatic carbocycles. The summed E-state index contributed by atoms with van der Waals surface area (Å²) in [7, 11) is 1.67. The van der Waals surface area contributed by atoms with Gasteiger partial charge in [0, 0.05) is 36.8 Å². The quantitative estimate of drug-likeness (QED) is 0.773. The topological polar surface area (TPSA) is 80.9 Å². The molecule has 2 aromatic heterocycles. The fourth-order valence-electron chi connectivity index (χ4n) is 1.30. The van der Waals surface area contributed by atoms with Crippen LogP contribution in [-0.4, -0.2) is 30.8 Å². The molecule has 0 radical (unpaired) electrons. The summed E-state index contributed by atoms with van der Waals surface area (Å²) in [5, 5.41) is 12.8. The molecule has 2 rings (SSSR count). The predicted octanol–water partition coefficient (Wildman–Crippen LogP) is 0.575. The van der Waals surface area contributed by atoms with E-state index in [9.17, 15) is 4.79 Å². The van der Waals surface area contributed by atoms with Gasteiger partial charge in [-0.3, -0.25) is 4.68 Å². The minimum atomic E-state index is -1.06. The van der Waals surface area contributed by atoms with E-state index in [1.165, 1.54) is 11.0 Å². The maximum atomic E-state index is 10.9. The van der Waals surface area contributed by atoms with Crippen LogP contribution in [0.2, 0.25) is 0 Å². The number of aromatic carboxylic acids is 1. The van der Waals surface area contributed by atoms with Crippen LogP contribution in [-0.2, 0) is 7.05 Å². The molecule has 0 aliphatic heterocycles. The van der Waals surface area contributed by atoms with E-state index in [1.807, 2.05) is 0 Å². The minimum Gasteiger partial charge on any atom is -0.476 e. The van der Waals surface area contributed by atoms with Gasteiger partial charge in [0.15, 0.2) is 5.69 Å². The normalized spacial score (nSPS) is 10.2. The fraction of sp³-hybridized carbons (Fsp3) is 0.111. The van der Waals surface area contributed by atoms with Crippen LogP contribution in [0.4, 0.5) is 0 Å². The average molecular weight is 204 g/mol. The monoisotopic (exact) mass is 204 g/mol. The van der Waals surface area contributed by atoms with Gasteiger partial charge < -0.3 is 5.11 Å². The van der Waals surface area contributed by atoms with E-state index in [1.54, 1.807) is 25.6 Å². The number of aryl methyl sites for hydroxylation is 1. The highest BCUT2D eigenvalue weighted by Gasteiger charge is 2.16.